The van der Waals surface area contributed by atoms with Crippen LogP contribution in [0.3, 0.4) is 0 Å². The molecule has 4 nitrogen and oxygen atoms in total. The van der Waals surface area contributed by atoms with Gasteiger partial charge in [-0.3, -0.25) is 0 Å². The number of hydrogen-bond donors (Lipinski definition) is 2. The first-order valence-corrected chi connectivity index (χ1v) is 10.3. The van der Waals surface area contributed by atoms with Gasteiger partial charge in [-0.1, -0.05) is 23.7 Å². The number of carboxylic acids is 1. The van der Waals surface area contributed by atoms with E-state index in [0.29, 0.717) is 22.5 Å². The molecule has 158 valence electrons. The van der Waals surface area contributed by atoms with E-state index in [9.17, 15) is 23.1 Å². The van der Waals surface area contributed by atoms with Crippen LogP contribution in [-0.2, 0) is 0 Å². The molecule has 2 aromatic carbocycles. The molecule has 2 bridgehead atoms. The lowest BCUT2D eigenvalue weighted by atomic mass is 9.67. The maximum Gasteiger partial charge on any atom is 0.573 e. The predicted octanol–water partition coefficient (Wildman–Crippen LogP) is 6.23. The van der Waals surface area contributed by atoms with E-state index < -0.39 is 12.3 Å². The molecule has 5 rings (SSSR count). The van der Waals surface area contributed by atoms with Gasteiger partial charge in [0.15, 0.2) is 0 Å². The lowest BCUT2D eigenvalue weighted by Gasteiger charge is -2.44. The molecule has 8 heteroatoms. The minimum Gasteiger partial charge on any atom is -0.478 e. The van der Waals surface area contributed by atoms with Crippen LogP contribution in [0.1, 0.15) is 52.7 Å². The number of aromatic carboxylic acids is 1. The summed E-state index contributed by atoms with van der Waals surface area (Å²) in [6, 6.07) is 9.00. The number of halogens is 4. The van der Waals surface area contributed by atoms with Crippen LogP contribution in [0.15, 0.2) is 36.4 Å². The van der Waals surface area contributed by atoms with Crippen LogP contribution >= 0.6 is 11.6 Å². The van der Waals surface area contributed by atoms with Crippen molar-refractivity contribution in [1.82, 2.24) is 0 Å². The fraction of sp³-hybridized carbons (Fsp3) is 0.409. The molecule has 1 aliphatic heterocycles. The molecule has 0 radical (unpaired) electrons. The fourth-order valence-corrected chi connectivity index (χ4v) is 6.16. The second-order valence-corrected chi connectivity index (χ2v) is 8.83. The number of hydrogen-bond acceptors (Lipinski definition) is 3. The lowest BCUT2D eigenvalue weighted by molar-refractivity contribution is -0.274. The first-order chi connectivity index (χ1) is 14.2. The topological polar surface area (TPSA) is 58.6 Å². The van der Waals surface area contributed by atoms with E-state index in [0.717, 1.165) is 30.4 Å². The molecule has 0 saturated heterocycles. The highest BCUT2D eigenvalue weighted by atomic mass is 35.5. The van der Waals surface area contributed by atoms with Gasteiger partial charge in [-0.25, -0.2) is 4.79 Å². The molecule has 5 atom stereocenters. The summed E-state index contributed by atoms with van der Waals surface area (Å²) < 4.78 is 41.5. The zero-order valence-electron chi connectivity index (χ0n) is 15.7. The Labute approximate surface area is 176 Å². The molecule has 0 amide bonds. The number of carboxylic acid groups (broad SMARTS) is 1. The van der Waals surface area contributed by atoms with E-state index in [-0.39, 0.29) is 29.2 Å². The maximum absolute atomic E-state index is 12.5. The van der Waals surface area contributed by atoms with Gasteiger partial charge in [-0.15, -0.1) is 13.2 Å². The second kappa shape index (κ2) is 6.80. The minimum atomic E-state index is -4.74. The highest BCUT2D eigenvalue weighted by Gasteiger charge is 2.54. The van der Waals surface area contributed by atoms with Crippen molar-refractivity contribution in [2.24, 2.45) is 17.8 Å². The molecule has 2 N–H and O–H groups in total. The van der Waals surface area contributed by atoms with E-state index >= 15 is 0 Å². The number of anilines is 1. The Kier molecular flexibility index (Phi) is 4.43. The van der Waals surface area contributed by atoms with Crippen LogP contribution in [0.2, 0.25) is 5.02 Å². The third-order valence-electron chi connectivity index (χ3n) is 6.86. The van der Waals surface area contributed by atoms with E-state index in [2.05, 4.69) is 10.1 Å². The van der Waals surface area contributed by atoms with E-state index in [1.165, 1.54) is 18.2 Å². The van der Waals surface area contributed by atoms with Crippen LogP contribution in [-0.4, -0.2) is 17.4 Å². The number of fused-ring (bicyclic) bond motifs is 7. The summed E-state index contributed by atoms with van der Waals surface area (Å²) in [5.74, 6) is 0.0550. The van der Waals surface area contributed by atoms with Gasteiger partial charge in [-0.05, 0) is 78.3 Å². The zero-order valence-corrected chi connectivity index (χ0v) is 16.5. The maximum atomic E-state index is 12.5. The number of rotatable bonds is 3. The van der Waals surface area contributed by atoms with Gasteiger partial charge in [0, 0.05) is 5.02 Å². The van der Waals surface area contributed by atoms with Crippen molar-refractivity contribution in [2.45, 2.75) is 37.6 Å². The summed E-state index contributed by atoms with van der Waals surface area (Å²) >= 11 is 6.25. The highest BCUT2D eigenvalue weighted by molar-refractivity contribution is 6.31. The molecule has 0 spiro atoms. The molecular weight excluding hydrogens is 419 g/mol. The predicted molar refractivity (Wildman–Crippen MR) is 105 cm³/mol. The Morgan fingerprint density at radius 3 is 2.50 bits per heavy atom. The normalized spacial score (nSPS) is 29.1. The smallest absolute Gasteiger partial charge is 0.478 e. The van der Waals surface area contributed by atoms with E-state index in [1.807, 2.05) is 6.07 Å². The first kappa shape index (κ1) is 19.5. The van der Waals surface area contributed by atoms with Crippen molar-refractivity contribution in [3.8, 4) is 5.75 Å². The molecule has 1 heterocycles. The van der Waals surface area contributed by atoms with Crippen molar-refractivity contribution in [2.75, 3.05) is 5.32 Å². The Bertz CT molecular complexity index is 1010. The van der Waals surface area contributed by atoms with Gasteiger partial charge in [0.25, 0.3) is 0 Å². The Hall–Kier alpha value is -2.41. The van der Waals surface area contributed by atoms with Gasteiger partial charge in [-0.2, -0.15) is 0 Å². The van der Waals surface area contributed by atoms with Crippen LogP contribution in [0.4, 0.5) is 18.9 Å². The van der Waals surface area contributed by atoms with Crippen molar-refractivity contribution in [3.05, 3.63) is 58.1 Å². The minimum absolute atomic E-state index is 0.126. The quantitative estimate of drug-likeness (QED) is 0.597. The van der Waals surface area contributed by atoms with Crippen molar-refractivity contribution < 1.29 is 27.8 Å². The van der Waals surface area contributed by atoms with Crippen LogP contribution in [0, 0.1) is 17.8 Å². The number of alkyl halides is 3. The molecule has 2 aliphatic carbocycles. The summed E-state index contributed by atoms with van der Waals surface area (Å²) in [5, 5.41) is 13.5. The van der Waals surface area contributed by atoms with Gasteiger partial charge in [0.1, 0.15) is 5.75 Å². The highest BCUT2D eigenvalue weighted by Crippen LogP contribution is 2.64. The third kappa shape index (κ3) is 3.20. The van der Waals surface area contributed by atoms with Gasteiger partial charge >= 0.3 is 12.3 Å². The van der Waals surface area contributed by atoms with Crippen molar-refractivity contribution >= 4 is 23.3 Å². The Morgan fingerprint density at radius 1 is 1.13 bits per heavy atom. The number of carbonyl (C=O) groups is 1. The molecular formula is C22H19ClF3NO3. The summed E-state index contributed by atoms with van der Waals surface area (Å²) in [4.78, 5) is 11.9. The monoisotopic (exact) mass is 437 g/mol. The molecule has 0 unspecified atom stereocenters. The molecule has 2 saturated carbocycles. The Morgan fingerprint density at radius 2 is 1.83 bits per heavy atom. The number of nitrogens with one attached hydrogen (secondary N) is 1. The first-order valence-electron chi connectivity index (χ1n) is 9.90. The summed E-state index contributed by atoms with van der Waals surface area (Å²) in [5.41, 5.74) is 2.47. The molecule has 0 aromatic heterocycles. The van der Waals surface area contributed by atoms with Crippen LogP contribution < -0.4 is 10.1 Å². The summed E-state index contributed by atoms with van der Waals surface area (Å²) in [6.45, 7) is 0. The van der Waals surface area contributed by atoms with Gasteiger partial charge in [0.05, 0.1) is 17.3 Å². The zero-order chi connectivity index (χ0) is 21.2. The van der Waals surface area contributed by atoms with Crippen molar-refractivity contribution in [3.63, 3.8) is 0 Å². The van der Waals surface area contributed by atoms with E-state index in [4.69, 9.17) is 11.6 Å². The SMILES string of the molecule is O=C(O)c1cc(Cl)cc2c1N[C@H](c1ccc(OC(F)(F)F)cc1)[C@H]1[C@H]3CC[C@@H](C3)[C@H]21. The molecule has 2 aromatic rings. The second-order valence-electron chi connectivity index (χ2n) is 8.40. The summed E-state index contributed by atoms with van der Waals surface area (Å²) in [6.07, 6.45) is -1.45. The number of ether oxygens (including phenoxy) is 1. The standard InChI is InChI=1S/C22H19ClF3NO3/c23-13-8-15-17-11-1-2-12(7-11)18(17)19(27-20(15)16(9-13)21(28)29)10-3-5-14(6-4-10)30-22(24,25)26/h3-6,8-9,11-12,17-19,27H,1-2,7H2,(H,28,29)/t11-,12-,17+,18-,19+/m0/s1. The Balaban J connectivity index is 1.57. The summed E-state index contributed by atoms with van der Waals surface area (Å²) in [7, 11) is 0. The lowest BCUT2D eigenvalue weighted by Crippen LogP contribution is -2.36. The average Bonchev–Trinajstić information content (AvgIpc) is 3.29. The van der Waals surface area contributed by atoms with Gasteiger partial charge < -0.3 is 15.2 Å². The fourth-order valence-electron chi connectivity index (χ4n) is 5.93. The van der Waals surface area contributed by atoms with Gasteiger partial charge in [0.2, 0.25) is 0 Å². The van der Waals surface area contributed by atoms with E-state index in [1.54, 1.807) is 12.1 Å². The molecule has 2 fully saturated rings. The van der Waals surface area contributed by atoms with Crippen LogP contribution in [0.5, 0.6) is 5.75 Å². The third-order valence-corrected chi connectivity index (χ3v) is 7.08. The largest absolute Gasteiger partial charge is 0.573 e. The average molecular weight is 438 g/mol. The number of benzene rings is 2. The van der Waals surface area contributed by atoms with Crippen LogP contribution in [0.25, 0.3) is 0 Å². The molecule has 3 aliphatic rings. The molecule has 30 heavy (non-hydrogen) atoms. The van der Waals surface area contributed by atoms with Crippen molar-refractivity contribution in [1.29, 1.82) is 0 Å².